The summed E-state index contributed by atoms with van der Waals surface area (Å²) in [7, 11) is 0. The van der Waals surface area contributed by atoms with Crippen molar-refractivity contribution in [3.05, 3.63) is 65.5 Å². The van der Waals surface area contributed by atoms with Crippen molar-refractivity contribution in [2.45, 2.75) is 13.8 Å². The van der Waals surface area contributed by atoms with E-state index in [1.807, 2.05) is 31.2 Å². The summed E-state index contributed by atoms with van der Waals surface area (Å²) in [4.78, 5) is 4.72. The number of hydrogen-bond acceptors (Lipinski definition) is 1. The number of aryl methyl sites for hydroxylation is 2. The van der Waals surface area contributed by atoms with Crippen LogP contribution >= 0.6 is 0 Å². The lowest BCUT2D eigenvalue weighted by molar-refractivity contribution is 0.620. The van der Waals surface area contributed by atoms with E-state index in [2.05, 4.69) is 18.2 Å². The first kappa shape index (κ1) is 12.3. The van der Waals surface area contributed by atoms with Crippen molar-refractivity contribution in [2.24, 2.45) is 0 Å². The number of hydrogen-bond donors (Lipinski definition) is 0. The van der Waals surface area contributed by atoms with E-state index in [0.29, 0.717) is 5.56 Å². The Kier molecular flexibility index (Phi) is 2.49. The van der Waals surface area contributed by atoms with E-state index in [0.717, 1.165) is 27.4 Å². The Morgan fingerprint density at radius 3 is 2.52 bits per heavy atom. The molecule has 102 valence electrons. The third kappa shape index (κ3) is 1.72. The van der Waals surface area contributed by atoms with E-state index in [1.165, 1.54) is 10.8 Å². The molecule has 0 saturated heterocycles. The Morgan fingerprint density at radius 2 is 1.67 bits per heavy atom. The number of halogens is 1. The molecule has 0 aliphatic heterocycles. The molecule has 21 heavy (non-hydrogen) atoms. The fourth-order valence-electron chi connectivity index (χ4n) is 3.07. The monoisotopic (exact) mass is 275 g/mol. The van der Waals surface area contributed by atoms with Crippen LogP contribution < -0.4 is 0 Å². The smallest absolute Gasteiger partial charge is 0.126 e. The summed E-state index contributed by atoms with van der Waals surface area (Å²) >= 11 is 0. The summed E-state index contributed by atoms with van der Waals surface area (Å²) in [5, 5.41) is 4.36. The van der Waals surface area contributed by atoms with Gasteiger partial charge >= 0.3 is 0 Å². The average molecular weight is 275 g/mol. The van der Waals surface area contributed by atoms with Crippen LogP contribution in [0.25, 0.3) is 32.6 Å². The van der Waals surface area contributed by atoms with Crippen molar-refractivity contribution in [3.8, 4) is 0 Å². The molecule has 1 heterocycles. The highest BCUT2D eigenvalue weighted by atomic mass is 19.1. The highest BCUT2D eigenvalue weighted by Crippen LogP contribution is 2.32. The summed E-state index contributed by atoms with van der Waals surface area (Å²) < 4.78 is 13.9. The molecule has 0 atom stereocenters. The number of aromatic nitrogens is 1. The van der Waals surface area contributed by atoms with Gasteiger partial charge < -0.3 is 0 Å². The number of pyridine rings is 1. The zero-order chi connectivity index (χ0) is 14.6. The summed E-state index contributed by atoms with van der Waals surface area (Å²) in [6.07, 6.45) is 0. The molecule has 0 aliphatic rings. The average Bonchev–Trinajstić information content (AvgIpc) is 2.49. The molecule has 0 fully saturated rings. The van der Waals surface area contributed by atoms with Gasteiger partial charge in [0.15, 0.2) is 0 Å². The molecule has 3 aromatic carbocycles. The maximum Gasteiger partial charge on any atom is 0.126 e. The van der Waals surface area contributed by atoms with Crippen molar-refractivity contribution in [1.29, 1.82) is 0 Å². The molecule has 0 aliphatic carbocycles. The van der Waals surface area contributed by atoms with Crippen LogP contribution in [0.15, 0.2) is 48.5 Å². The minimum atomic E-state index is -0.174. The number of rotatable bonds is 0. The lowest BCUT2D eigenvalue weighted by Crippen LogP contribution is -1.92. The van der Waals surface area contributed by atoms with Gasteiger partial charge in [-0.05, 0) is 53.9 Å². The SMILES string of the molecule is Cc1cc2nc3ccc4ccccc4c3c(C)c2cc1F. The Bertz CT molecular complexity index is 1020. The van der Waals surface area contributed by atoms with Crippen molar-refractivity contribution in [1.82, 2.24) is 4.98 Å². The van der Waals surface area contributed by atoms with Crippen LogP contribution in [0.5, 0.6) is 0 Å². The van der Waals surface area contributed by atoms with Gasteiger partial charge in [-0.25, -0.2) is 9.37 Å². The molecule has 4 aromatic rings. The Morgan fingerprint density at radius 1 is 0.857 bits per heavy atom. The number of fused-ring (bicyclic) bond motifs is 4. The second-order valence-electron chi connectivity index (χ2n) is 5.54. The Balaban J connectivity index is 2.28. The quantitative estimate of drug-likeness (QED) is 0.313. The van der Waals surface area contributed by atoms with Gasteiger partial charge in [0.1, 0.15) is 5.82 Å². The second kappa shape index (κ2) is 4.26. The predicted octanol–water partition coefficient (Wildman–Crippen LogP) is 5.30. The van der Waals surface area contributed by atoms with Crippen molar-refractivity contribution < 1.29 is 4.39 Å². The van der Waals surface area contributed by atoms with Gasteiger partial charge in [-0.3, -0.25) is 0 Å². The zero-order valence-corrected chi connectivity index (χ0v) is 11.9. The maximum atomic E-state index is 13.9. The van der Waals surface area contributed by atoms with E-state index in [9.17, 15) is 4.39 Å². The lowest BCUT2D eigenvalue weighted by Gasteiger charge is -2.11. The van der Waals surface area contributed by atoms with Gasteiger partial charge in [-0.15, -0.1) is 0 Å². The topological polar surface area (TPSA) is 12.9 Å². The molecular weight excluding hydrogens is 261 g/mol. The highest BCUT2D eigenvalue weighted by molar-refractivity contribution is 6.12. The van der Waals surface area contributed by atoms with Gasteiger partial charge in [0, 0.05) is 10.8 Å². The minimum absolute atomic E-state index is 0.174. The molecule has 4 rings (SSSR count). The third-order valence-electron chi connectivity index (χ3n) is 4.20. The molecule has 0 spiro atoms. The molecule has 2 heteroatoms. The molecule has 0 radical (unpaired) electrons. The molecule has 0 unspecified atom stereocenters. The first-order valence-electron chi connectivity index (χ1n) is 7.03. The standard InChI is InChI=1S/C19H14FN/c1-11-9-18-15(10-16(11)20)12(2)19-14-6-4-3-5-13(14)7-8-17(19)21-18/h3-10H,1-2H3. The van der Waals surface area contributed by atoms with Gasteiger partial charge in [0.25, 0.3) is 0 Å². The normalized spacial score (nSPS) is 11.6. The van der Waals surface area contributed by atoms with Gasteiger partial charge in [0.2, 0.25) is 0 Å². The summed E-state index contributed by atoms with van der Waals surface area (Å²) in [5.74, 6) is -0.174. The van der Waals surface area contributed by atoms with Crippen LogP contribution in [0.2, 0.25) is 0 Å². The number of benzene rings is 3. The Hall–Kier alpha value is -2.48. The number of nitrogens with zero attached hydrogens (tertiary/aromatic N) is 1. The van der Waals surface area contributed by atoms with Crippen LogP contribution in [0.1, 0.15) is 11.1 Å². The first-order valence-corrected chi connectivity index (χ1v) is 7.03. The van der Waals surface area contributed by atoms with Gasteiger partial charge in [0.05, 0.1) is 11.0 Å². The van der Waals surface area contributed by atoms with Crippen LogP contribution in [-0.2, 0) is 0 Å². The van der Waals surface area contributed by atoms with Crippen molar-refractivity contribution in [3.63, 3.8) is 0 Å². The lowest BCUT2D eigenvalue weighted by atomic mass is 9.97. The molecule has 0 amide bonds. The zero-order valence-electron chi connectivity index (χ0n) is 11.9. The molecule has 1 nitrogen and oxygen atoms in total. The van der Waals surface area contributed by atoms with Crippen LogP contribution in [-0.4, -0.2) is 4.98 Å². The van der Waals surface area contributed by atoms with E-state index < -0.39 is 0 Å². The van der Waals surface area contributed by atoms with Crippen LogP contribution in [0.3, 0.4) is 0 Å². The molecule has 0 bridgehead atoms. The maximum absolute atomic E-state index is 13.9. The van der Waals surface area contributed by atoms with E-state index in [1.54, 1.807) is 13.0 Å². The summed E-state index contributed by atoms with van der Waals surface area (Å²) in [6, 6.07) is 15.8. The van der Waals surface area contributed by atoms with Gasteiger partial charge in [-0.2, -0.15) is 0 Å². The first-order chi connectivity index (χ1) is 10.1. The fraction of sp³-hybridized carbons (Fsp3) is 0.105. The molecular formula is C19H14FN. The van der Waals surface area contributed by atoms with Crippen molar-refractivity contribution >= 4 is 32.6 Å². The molecule has 0 saturated carbocycles. The van der Waals surface area contributed by atoms with Gasteiger partial charge in [-0.1, -0.05) is 30.3 Å². The third-order valence-corrected chi connectivity index (χ3v) is 4.20. The molecule has 1 aromatic heterocycles. The summed E-state index contributed by atoms with van der Waals surface area (Å²) in [5.41, 5.74) is 3.54. The van der Waals surface area contributed by atoms with Crippen LogP contribution in [0.4, 0.5) is 4.39 Å². The van der Waals surface area contributed by atoms with E-state index in [-0.39, 0.29) is 5.82 Å². The fourth-order valence-corrected chi connectivity index (χ4v) is 3.07. The van der Waals surface area contributed by atoms with Crippen molar-refractivity contribution in [2.75, 3.05) is 0 Å². The summed E-state index contributed by atoms with van der Waals surface area (Å²) in [6.45, 7) is 3.82. The largest absolute Gasteiger partial charge is 0.248 e. The molecule has 0 N–H and O–H groups in total. The second-order valence-corrected chi connectivity index (χ2v) is 5.54. The Labute approximate surface area is 122 Å². The van der Waals surface area contributed by atoms with E-state index >= 15 is 0 Å². The highest BCUT2D eigenvalue weighted by Gasteiger charge is 2.10. The predicted molar refractivity (Wildman–Crippen MR) is 86.2 cm³/mol. The van der Waals surface area contributed by atoms with Crippen LogP contribution in [0, 0.1) is 19.7 Å². The van der Waals surface area contributed by atoms with E-state index in [4.69, 9.17) is 4.98 Å². The minimum Gasteiger partial charge on any atom is -0.248 e.